The highest BCUT2D eigenvalue weighted by molar-refractivity contribution is 5.41. The number of ether oxygens (including phenoxy) is 1. The summed E-state index contributed by atoms with van der Waals surface area (Å²) in [5.74, 6) is 1.72. The Kier molecular flexibility index (Phi) is 5.41. The number of hydrogen-bond donors (Lipinski definition) is 2. The largest absolute Gasteiger partial charge is 0.497 e. The van der Waals surface area contributed by atoms with Crippen LogP contribution >= 0.6 is 0 Å². The fourth-order valence-corrected chi connectivity index (χ4v) is 2.29. The van der Waals surface area contributed by atoms with Crippen molar-refractivity contribution in [2.24, 2.45) is 0 Å². The first-order valence-corrected chi connectivity index (χ1v) is 7.92. The number of aromatic nitrogens is 2. The number of methoxy groups -OCH3 is 1. The van der Waals surface area contributed by atoms with Crippen molar-refractivity contribution in [1.82, 2.24) is 9.97 Å². The Hall–Kier alpha value is -3.15. The Morgan fingerprint density at radius 3 is 2.52 bits per heavy atom. The molecule has 2 N–H and O–H groups in total. The summed E-state index contributed by atoms with van der Waals surface area (Å²) in [6.45, 7) is 0.961. The van der Waals surface area contributed by atoms with Crippen LogP contribution in [0.15, 0.2) is 60.8 Å². The van der Waals surface area contributed by atoms with Gasteiger partial charge in [-0.05, 0) is 29.8 Å². The fraction of sp³-hybridized carbons (Fsp3) is 0.158. The number of halogens is 1. The lowest BCUT2D eigenvalue weighted by atomic mass is 10.2. The van der Waals surface area contributed by atoms with E-state index in [1.807, 2.05) is 24.3 Å². The third kappa shape index (κ3) is 4.67. The number of anilines is 2. The summed E-state index contributed by atoms with van der Waals surface area (Å²) < 4.78 is 18.8. The molecule has 0 amide bonds. The van der Waals surface area contributed by atoms with Gasteiger partial charge in [-0.3, -0.25) is 0 Å². The first-order valence-electron chi connectivity index (χ1n) is 7.92. The molecule has 0 radical (unpaired) electrons. The monoisotopic (exact) mass is 338 g/mol. The summed E-state index contributed by atoms with van der Waals surface area (Å²) in [7, 11) is 1.64. The lowest BCUT2D eigenvalue weighted by Crippen LogP contribution is -2.07. The van der Waals surface area contributed by atoms with Gasteiger partial charge in [-0.1, -0.05) is 30.3 Å². The smallest absolute Gasteiger partial charge is 0.224 e. The maximum absolute atomic E-state index is 13.6. The lowest BCUT2D eigenvalue weighted by molar-refractivity contribution is 0.414. The highest BCUT2D eigenvalue weighted by atomic mass is 19.1. The molecular weight excluding hydrogens is 319 g/mol. The molecule has 0 atom stereocenters. The summed E-state index contributed by atoms with van der Waals surface area (Å²) >= 11 is 0. The van der Waals surface area contributed by atoms with Crippen LogP contribution in [0.1, 0.15) is 11.1 Å². The van der Waals surface area contributed by atoms with Crippen LogP contribution in [0.2, 0.25) is 0 Å². The topological polar surface area (TPSA) is 59.1 Å². The van der Waals surface area contributed by atoms with Crippen LogP contribution in [0, 0.1) is 5.82 Å². The van der Waals surface area contributed by atoms with Crippen LogP contribution < -0.4 is 15.4 Å². The number of rotatable bonds is 7. The molecule has 0 aliphatic carbocycles. The van der Waals surface area contributed by atoms with Crippen LogP contribution in [-0.4, -0.2) is 17.1 Å². The normalized spacial score (nSPS) is 10.3. The second-order valence-electron chi connectivity index (χ2n) is 5.41. The maximum atomic E-state index is 13.6. The molecule has 0 saturated heterocycles. The van der Waals surface area contributed by atoms with Gasteiger partial charge in [-0.25, -0.2) is 9.37 Å². The fourth-order valence-electron chi connectivity index (χ4n) is 2.29. The molecule has 128 valence electrons. The zero-order valence-corrected chi connectivity index (χ0v) is 13.9. The summed E-state index contributed by atoms with van der Waals surface area (Å²) in [5.41, 5.74) is 1.68. The maximum Gasteiger partial charge on any atom is 0.224 e. The van der Waals surface area contributed by atoms with Gasteiger partial charge in [-0.2, -0.15) is 4.98 Å². The van der Waals surface area contributed by atoms with Gasteiger partial charge in [0.05, 0.1) is 7.11 Å². The summed E-state index contributed by atoms with van der Waals surface area (Å²) in [4.78, 5) is 8.55. The Balaban J connectivity index is 1.58. The average molecular weight is 338 g/mol. The molecule has 1 heterocycles. The van der Waals surface area contributed by atoms with Crippen molar-refractivity contribution in [2.75, 3.05) is 17.7 Å². The van der Waals surface area contributed by atoms with Crippen molar-refractivity contribution in [2.45, 2.75) is 13.1 Å². The molecule has 3 aromatic rings. The molecule has 0 bridgehead atoms. The van der Waals surface area contributed by atoms with Crippen LogP contribution in [0.3, 0.4) is 0 Å². The molecule has 1 aromatic heterocycles. The number of hydrogen-bond acceptors (Lipinski definition) is 5. The predicted molar refractivity (Wildman–Crippen MR) is 96.1 cm³/mol. The van der Waals surface area contributed by atoms with Crippen molar-refractivity contribution in [3.63, 3.8) is 0 Å². The molecule has 0 spiro atoms. The zero-order chi connectivity index (χ0) is 17.5. The SMILES string of the molecule is COc1ccc(CNc2ccnc(NCc3ccccc3F)n2)cc1. The predicted octanol–water partition coefficient (Wildman–Crippen LogP) is 3.85. The molecule has 2 aromatic carbocycles. The van der Waals surface area contributed by atoms with Gasteiger partial charge in [0, 0.05) is 24.8 Å². The molecule has 0 aliphatic rings. The highest BCUT2D eigenvalue weighted by Crippen LogP contribution is 2.14. The van der Waals surface area contributed by atoms with Crippen LogP contribution in [0.5, 0.6) is 5.75 Å². The Morgan fingerprint density at radius 1 is 0.960 bits per heavy atom. The van der Waals surface area contributed by atoms with E-state index in [2.05, 4.69) is 20.6 Å². The number of nitrogens with one attached hydrogen (secondary N) is 2. The van der Waals surface area contributed by atoms with E-state index >= 15 is 0 Å². The van der Waals surface area contributed by atoms with Crippen LogP contribution in [-0.2, 0) is 13.1 Å². The average Bonchev–Trinajstić information content (AvgIpc) is 2.66. The molecule has 5 nitrogen and oxygen atoms in total. The van der Waals surface area contributed by atoms with Gasteiger partial charge in [0.2, 0.25) is 5.95 Å². The minimum atomic E-state index is -0.246. The summed E-state index contributed by atoms with van der Waals surface area (Å²) in [5, 5.41) is 6.28. The Bertz CT molecular complexity index is 824. The molecule has 25 heavy (non-hydrogen) atoms. The van der Waals surface area contributed by atoms with E-state index in [4.69, 9.17) is 4.74 Å². The molecule has 6 heteroatoms. The van der Waals surface area contributed by atoms with Gasteiger partial charge < -0.3 is 15.4 Å². The van der Waals surface area contributed by atoms with Crippen molar-refractivity contribution >= 4 is 11.8 Å². The van der Waals surface area contributed by atoms with Crippen molar-refractivity contribution in [3.05, 3.63) is 77.7 Å². The molecular formula is C19H19FN4O. The molecule has 0 saturated carbocycles. The molecule has 0 fully saturated rings. The Morgan fingerprint density at radius 2 is 1.76 bits per heavy atom. The number of benzene rings is 2. The standard InChI is InChI=1S/C19H19FN4O/c1-25-16-8-6-14(7-9-16)12-22-18-10-11-21-19(24-18)23-13-15-4-2-3-5-17(15)20/h2-11H,12-13H2,1H3,(H2,21,22,23,24). The highest BCUT2D eigenvalue weighted by Gasteiger charge is 2.03. The van der Waals surface area contributed by atoms with Crippen molar-refractivity contribution in [3.8, 4) is 5.75 Å². The van der Waals surface area contributed by atoms with E-state index in [-0.39, 0.29) is 5.82 Å². The third-order valence-corrected chi connectivity index (χ3v) is 3.68. The minimum Gasteiger partial charge on any atom is -0.497 e. The van der Waals surface area contributed by atoms with Crippen LogP contribution in [0.25, 0.3) is 0 Å². The second kappa shape index (κ2) is 8.10. The van der Waals surface area contributed by atoms with Gasteiger partial charge in [0.1, 0.15) is 17.4 Å². The van der Waals surface area contributed by atoms with Crippen LogP contribution in [0.4, 0.5) is 16.2 Å². The number of nitrogens with zero attached hydrogens (tertiary/aromatic N) is 2. The van der Waals surface area contributed by atoms with E-state index in [9.17, 15) is 4.39 Å². The molecule has 0 aliphatic heterocycles. The molecule has 0 unspecified atom stereocenters. The first kappa shape index (κ1) is 16.7. The van der Waals surface area contributed by atoms with Crippen molar-refractivity contribution < 1.29 is 9.13 Å². The first-order chi connectivity index (χ1) is 12.2. The van der Waals surface area contributed by atoms with Gasteiger partial charge >= 0.3 is 0 Å². The zero-order valence-electron chi connectivity index (χ0n) is 13.9. The lowest BCUT2D eigenvalue weighted by Gasteiger charge is -2.09. The third-order valence-electron chi connectivity index (χ3n) is 3.68. The van der Waals surface area contributed by atoms with Gasteiger partial charge in [-0.15, -0.1) is 0 Å². The van der Waals surface area contributed by atoms with Gasteiger partial charge in [0.25, 0.3) is 0 Å². The van der Waals surface area contributed by atoms with E-state index in [1.165, 1.54) is 6.07 Å². The van der Waals surface area contributed by atoms with E-state index < -0.39 is 0 Å². The molecule has 3 rings (SSSR count). The van der Waals surface area contributed by atoms with E-state index in [0.29, 0.717) is 30.4 Å². The second-order valence-corrected chi connectivity index (χ2v) is 5.41. The summed E-state index contributed by atoms with van der Waals surface area (Å²) in [6.07, 6.45) is 1.66. The van der Waals surface area contributed by atoms with E-state index in [1.54, 1.807) is 37.6 Å². The minimum absolute atomic E-state index is 0.246. The quantitative estimate of drug-likeness (QED) is 0.685. The van der Waals surface area contributed by atoms with Crippen molar-refractivity contribution in [1.29, 1.82) is 0 Å². The van der Waals surface area contributed by atoms with Gasteiger partial charge in [0.15, 0.2) is 0 Å². The van der Waals surface area contributed by atoms with E-state index in [0.717, 1.165) is 11.3 Å². The summed E-state index contributed by atoms with van der Waals surface area (Å²) in [6, 6.07) is 16.2. The Labute approximate surface area is 145 Å².